The molecule has 0 aliphatic carbocycles. The van der Waals surface area contributed by atoms with Crippen LogP contribution in [0.1, 0.15) is 21.5 Å². The Bertz CT molecular complexity index is 782. The summed E-state index contributed by atoms with van der Waals surface area (Å²) in [5.74, 6) is -1.39. The summed E-state index contributed by atoms with van der Waals surface area (Å²) in [4.78, 5) is 32.5. The number of carbonyl (C=O) groups is 2. The summed E-state index contributed by atoms with van der Waals surface area (Å²) >= 11 is 0. The van der Waals surface area contributed by atoms with Gasteiger partial charge in [-0.2, -0.15) is 5.10 Å². The fourth-order valence-corrected chi connectivity index (χ4v) is 1.85. The first-order valence-corrected chi connectivity index (χ1v) is 6.84. The lowest BCUT2D eigenvalue weighted by atomic mass is 10.1. The highest BCUT2D eigenvalue weighted by molar-refractivity contribution is 5.89. The number of rotatable bonds is 6. The first-order chi connectivity index (χ1) is 11.5. The Morgan fingerprint density at radius 3 is 2.29 bits per heavy atom. The smallest absolute Gasteiger partial charge is 0.335 e. The van der Waals surface area contributed by atoms with Crippen molar-refractivity contribution in [1.29, 1.82) is 0 Å². The van der Waals surface area contributed by atoms with E-state index in [-0.39, 0.29) is 23.6 Å². The van der Waals surface area contributed by atoms with Gasteiger partial charge < -0.3 is 5.11 Å². The summed E-state index contributed by atoms with van der Waals surface area (Å²) in [6.45, 7) is 0. The molecular formula is C16H13N3O5. The standard InChI is InChI=1S/C16H13N3O5/c20-15(9-11-3-7-14(8-4-11)19(23)24)18-17-10-12-1-5-13(6-2-12)16(21)22/h1-8,10H,9H2,(H,18,20)(H,21,22)/b17-10+. The molecule has 2 rings (SSSR count). The highest BCUT2D eigenvalue weighted by atomic mass is 16.6. The van der Waals surface area contributed by atoms with Crippen LogP contribution in [0.2, 0.25) is 0 Å². The van der Waals surface area contributed by atoms with Gasteiger partial charge in [-0.1, -0.05) is 24.3 Å². The zero-order chi connectivity index (χ0) is 17.5. The molecule has 0 heterocycles. The van der Waals surface area contributed by atoms with Gasteiger partial charge in [-0.25, -0.2) is 10.2 Å². The van der Waals surface area contributed by atoms with Crippen molar-refractivity contribution in [3.05, 3.63) is 75.3 Å². The van der Waals surface area contributed by atoms with Crippen molar-refractivity contribution < 1.29 is 19.6 Å². The number of carboxylic acid groups (broad SMARTS) is 1. The second kappa shape index (κ2) is 7.63. The Hall–Kier alpha value is -3.55. The number of non-ortho nitro benzene ring substituents is 1. The summed E-state index contributed by atoms with van der Waals surface area (Å²) in [7, 11) is 0. The van der Waals surface area contributed by atoms with Crippen LogP contribution in [-0.2, 0) is 11.2 Å². The number of carboxylic acids is 1. The molecule has 1 amide bonds. The minimum Gasteiger partial charge on any atom is -0.478 e. The monoisotopic (exact) mass is 327 g/mol. The minimum absolute atomic E-state index is 0.0350. The van der Waals surface area contributed by atoms with E-state index in [4.69, 9.17) is 5.11 Å². The molecule has 0 fully saturated rings. The third-order valence-electron chi connectivity index (χ3n) is 3.07. The van der Waals surface area contributed by atoms with Crippen molar-refractivity contribution in [2.24, 2.45) is 5.10 Å². The minimum atomic E-state index is -1.02. The lowest BCUT2D eigenvalue weighted by Gasteiger charge is -2.00. The molecule has 8 heteroatoms. The molecule has 2 N–H and O–H groups in total. The maximum atomic E-state index is 11.7. The van der Waals surface area contributed by atoms with Gasteiger partial charge in [0.2, 0.25) is 5.91 Å². The third-order valence-corrected chi connectivity index (χ3v) is 3.07. The van der Waals surface area contributed by atoms with Gasteiger partial charge in [0.15, 0.2) is 0 Å². The van der Waals surface area contributed by atoms with E-state index in [1.54, 1.807) is 12.1 Å². The third kappa shape index (κ3) is 4.73. The zero-order valence-corrected chi connectivity index (χ0v) is 12.4. The summed E-state index contributed by atoms with van der Waals surface area (Å²) in [5.41, 5.74) is 3.72. The average Bonchev–Trinajstić information content (AvgIpc) is 2.55. The number of nitro benzene ring substituents is 1. The number of hydrazone groups is 1. The average molecular weight is 327 g/mol. The van der Waals surface area contributed by atoms with Gasteiger partial charge in [-0.05, 0) is 23.3 Å². The van der Waals surface area contributed by atoms with Gasteiger partial charge >= 0.3 is 5.97 Å². The molecule has 122 valence electrons. The van der Waals surface area contributed by atoms with Crippen LogP contribution in [0.4, 0.5) is 5.69 Å². The van der Waals surface area contributed by atoms with Crippen molar-refractivity contribution >= 4 is 23.8 Å². The number of nitro groups is 1. The van der Waals surface area contributed by atoms with Gasteiger partial charge in [-0.15, -0.1) is 0 Å². The molecule has 0 aliphatic rings. The van der Waals surface area contributed by atoms with Gasteiger partial charge in [0.1, 0.15) is 0 Å². The van der Waals surface area contributed by atoms with Gasteiger partial charge in [0.25, 0.3) is 5.69 Å². The summed E-state index contributed by atoms with van der Waals surface area (Å²) in [6, 6.07) is 11.7. The predicted octanol–water partition coefficient (Wildman–Crippen LogP) is 1.99. The first-order valence-electron chi connectivity index (χ1n) is 6.84. The lowest BCUT2D eigenvalue weighted by molar-refractivity contribution is -0.384. The highest BCUT2D eigenvalue weighted by Crippen LogP contribution is 2.12. The molecule has 2 aromatic carbocycles. The van der Waals surface area contributed by atoms with Crippen LogP contribution in [0.5, 0.6) is 0 Å². The molecule has 0 saturated carbocycles. The van der Waals surface area contributed by atoms with E-state index in [1.165, 1.54) is 42.6 Å². The van der Waals surface area contributed by atoms with Crippen LogP contribution in [0.15, 0.2) is 53.6 Å². The largest absolute Gasteiger partial charge is 0.478 e. The summed E-state index contributed by atoms with van der Waals surface area (Å²) < 4.78 is 0. The van der Waals surface area contributed by atoms with Gasteiger partial charge in [-0.3, -0.25) is 14.9 Å². The second-order valence-corrected chi connectivity index (χ2v) is 4.82. The molecule has 0 radical (unpaired) electrons. The number of hydrogen-bond donors (Lipinski definition) is 2. The van der Waals surface area contributed by atoms with Gasteiger partial charge in [0.05, 0.1) is 23.1 Å². The lowest BCUT2D eigenvalue weighted by Crippen LogP contribution is -2.19. The van der Waals surface area contributed by atoms with Crippen LogP contribution in [-0.4, -0.2) is 28.1 Å². The van der Waals surface area contributed by atoms with E-state index in [2.05, 4.69) is 10.5 Å². The van der Waals surface area contributed by atoms with E-state index in [9.17, 15) is 19.7 Å². The van der Waals surface area contributed by atoms with Crippen LogP contribution in [0.25, 0.3) is 0 Å². The molecule has 8 nitrogen and oxygen atoms in total. The predicted molar refractivity (Wildman–Crippen MR) is 85.9 cm³/mol. The Labute approximate surface area is 136 Å². The number of nitrogens with one attached hydrogen (secondary N) is 1. The molecule has 0 unspecified atom stereocenters. The van der Waals surface area contributed by atoms with Crippen LogP contribution < -0.4 is 5.43 Å². The maximum Gasteiger partial charge on any atom is 0.335 e. The van der Waals surface area contributed by atoms with Crippen molar-refractivity contribution in [3.8, 4) is 0 Å². The number of benzene rings is 2. The van der Waals surface area contributed by atoms with E-state index >= 15 is 0 Å². The quantitative estimate of drug-likeness (QED) is 0.477. The number of hydrogen-bond acceptors (Lipinski definition) is 5. The van der Waals surface area contributed by atoms with E-state index in [0.29, 0.717) is 11.1 Å². The number of nitrogens with zero attached hydrogens (tertiary/aromatic N) is 2. The maximum absolute atomic E-state index is 11.7. The van der Waals surface area contributed by atoms with Crippen molar-refractivity contribution in [1.82, 2.24) is 5.43 Å². The van der Waals surface area contributed by atoms with Crippen molar-refractivity contribution in [2.45, 2.75) is 6.42 Å². The van der Waals surface area contributed by atoms with Crippen LogP contribution >= 0.6 is 0 Å². The molecule has 2 aromatic rings. The molecule has 0 aromatic heterocycles. The zero-order valence-electron chi connectivity index (χ0n) is 12.4. The fraction of sp³-hybridized carbons (Fsp3) is 0.0625. The topological polar surface area (TPSA) is 122 Å². The number of aromatic carboxylic acids is 1. The van der Waals surface area contributed by atoms with Crippen molar-refractivity contribution in [2.75, 3.05) is 0 Å². The van der Waals surface area contributed by atoms with Crippen molar-refractivity contribution in [3.63, 3.8) is 0 Å². The number of amides is 1. The molecule has 0 bridgehead atoms. The Kier molecular flexibility index (Phi) is 5.35. The molecule has 0 atom stereocenters. The second-order valence-electron chi connectivity index (χ2n) is 4.82. The Balaban J connectivity index is 1.88. The molecule has 0 spiro atoms. The normalized spacial score (nSPS) is 10.5. The molecule has 0 aliphatic heterocycles. The van der Waals surface area contributed by atoms with E-state index in [1.807, 2.05) is 0 Å². The van der Waals surface area contributed by atoms with Gasteiger partial charge in [0, 0.05) is 12.1 Å². The van der Waals surface area contributed by atoms with E-state index < -0.39 is 10.9 Å². The SMILES string of the molecule is O=C(Cc1ccc([N+](=O)[O-])cc1)N/N=C/c1ccc(C(=O)O)cc1. The van der Waals surface area contributed by atoms with Crippen LogP contribution in [0.3, 0.4) is 0 Å². The molecule has 0 saturated heterocycles. The number of carbonyl (C=O) groups excluding carboxylic acids is 1. The van der Waals surface area contributed by atoms with E-state index in [0.717, 1.165) is 0 Å². The Morgan fingerprint density at radius 2 is 1.75 bits per heavy atom. The first kappa shape index (κ1) is 16.8. The highest BCUT2D eigenvalue weighted by Gasteiger charge is 2.06. The summed E-state index contributed by atoms with van der Waals surface area (Å²) in [6.07, 6.45) is 1.42. The molecular weight excluding hydrogens is 314 g/mol. The van der Waals surface area contributed by atoms with Crippen LogP contribution in [0, 0.1) is 10.1 Å². The summed E-state index contributed by atoms with van der Waals surface area (Å²) in [5, 5.41) is 23.1. The molecule has 24 heavy (non-hydrogen) atoms. The Morgan fingerprint density at radius 1 is 1.12 bits per heavy atom. The fourth-order valence-electron chi connectivity index (χ4n) is 1.85.